The molecule has 0 aliphatic heterocycles. The zero-order chi connectivity index (χ0) is 19.2. The van der Waals surface area contributed by atoms with Gasteiger partial charge in [-0.15, -0.1) is 0 Å². The van der Waals surface area contributed by atoms with Gasteiger partial charge in [-0.3, -0.25) is 14.8 Å². The summed E-state index contributed by atoms with van der Waals surface area (Å²) in [5.41, 5.74) is 3.13. The highest BCUT2D eigenvalue weighted by molar-refractivity contribution is 5.92. The minimum atomic E-state index is -0.821. The number of likely N-dealkylation sites (N-methyl/N-ethyl adjacent to an activating group) is 1. The van der Waals surface area contributed by atoms with Crippen molar-refractivity contribution in [3.63, 3.8) is 0 Å². The van der Waals surface area contributed by atoms with Gasteiger partial charge in [-0.25, -0.2) is 5.48 Å². The van der Waals surface area contributed by atoms with Crippen molar-refractivity contribution in [3.05, 3.63) is 54.1 Å². The fourth-order valence-electron chi connectivity index (χ4n) is 3.05. The van der Waals surface area contributed by atoms with Crippen molar-refractivity contribution >= 4 is 17.4 Å². The number of nitrogens with zero attached hydrogens (tertiary/aromatic N) is 1. The van der Waals surface area contributed by atoms with Crippen LogP contribution in [-0.2, 0) is 9.59 Å². The Hall–Kier alpha value is -2.44. The van der Waals surface area contributed by atoms with Gasteiger partial charge >= 0.3 is 0 Å². The first-order chi connectivity index (χ1) is 12.4. The maximum absolute atomic E-state index is 12.9. The average Bonchev–Trinajstić information content (AvgIpc) is 2.67. The monoisotopic (exact) mass is 357 g/mol. The number of hydrogen-bond donors (Lipinski definition) is 3. The lowest BCUT2D eigenvalue weighted by Crippen LogP contribution is -2.54. The molecule has 26 heavy (non-hydrogen) atoms. The van der Waals surface area contributed by atoms with Gasteiger partial charge in [0.2, 0.25) is 5.91 Å². The summed E-state index contributed by atoms with van der Waals surface area (Å²) in [6, 6.07) is 9.19. The summed E-state index contributed by atoms with van der Waals surface area (Å²) >= 11 is 0. The number of amides is 2. The van der Waals surface area contributed by atoms with E-state index in [4.69, 9.17) is 5.21 Å². The summed E-state index contributed by atoms with van der Waals surface area (Å²) in [6.07, 6.45) is 7.13. The molecule has 0 saturated carbocycles. The van der Waals surface area contributed by atoms with Crippen LogP contribution in [0.2, 0.25) is 0 Å². The molecule has 1 aromatic carbocycles. The van der Waals surface area contributed by atoms with E-state index in [0.29, 0.717) is 19.4 Å². The molecule has 2 atom stereocenters. The predicted molar refractivity (Wildman–Crippen MR) is 101 cm³/mol. The molecule has 3 N–H and O–H groups in total. The number of hydroxylamine groups is 1. The molecule has 140 valence electrons. The Balaban J connectivity index is 2.15. The molecule has 1 aliphatic carbocycles. The molecule has 0 saturated heterocycles. The Morgan fingerprint density at radius 1 is 1.27 bits per heavy atom. The number of carbonyl (C=O) groups excluding carboxylic acids is 2. The molecular formula is C20H27N3O3. The number of rotatable bonds is 7. The molecule has 0 aromatic heterocycles. The van der Waals surface area contributed by atoms with Gasteiger partial charge in [0.05, 0.1) is 5.41 Å². The molecule has 6 nitrogen and oxygen atoms in total. The molecule has 0 radical (unpaired) electrons. The van der Waals surface area contributed by atoms with Crippen molar-refractivity contribution < 1.29 is 14.8 Å². The normalized spacial score (nSPS) is 20.4. The first-order valence-electron chi connectivity index (χ1n) is 8.76. The largest absolute Gasteiger partial charge is 0.342 e. The van der Waals surface area contributed by atoms with Gasteiger partial charge < -0.3 is 10.2 Å². The van der Waals surface area contributed by atoms with Crippen LogP contribution in [0, 0.1) is 5.41 Å². The number of carbonyl (C=O) groups is 2. The highest BCUT2D eigenvalue weighted by Gasteiger charge is 2.37. The van der Waals surface area contributed by atoms with E-state index in [9.17, 15) is 9.59 Å². The maximum Gasteiger partial charge on any atom is 0.267 e. The summed E-state index contributed by atoms with van der Waals surface area (Å²) in [5.74, 6) is -0.839. The van der Waals surface area contributed by atoms with Crippen LogP contribution in [0.25, 0.3) is 5.57 Å². The Bertz CT molecular complexity index is 698. The Kier molecular flexibility index (Phi) is 6.71. The van der Waals surface area contributed by atoms with Crippen LogP contribution >= 0.6 is 0 Å². The zero-order valence-electron chi connectivity index (χ0n) is 15.5. The van der Waals surface area contributed by atoms with Gasteiger partial charge in [-0.1, -0.05) is 55.5 Å². The summed E-state index contributed by atoms with van der Waals surface area (Å²) in [4.78, 5) is 26.6. The molecule has 0 bridgehead atoms. The second-order valence-corrected chi connectivity index (χ2v) is 6.84. The quantitative estimate of drug-likeness (QED) is 0.515. The van der Waals surface area contributed by atoms with E-state index in [0.717, 1.165) is 11.1 Å². The summed E-state index contributed by atoms with van der Waals surface area (Å²) in [6.45, 7) is 2.26. The highest BCUT2D eigenvalue weighted by Crippen LogP contribution is 2.36. The van der Waals surface area contributed by atoms with Crippen molar-refractivity contribution in [2.24, 2.45) is 5.41 Å². The lowest BCUT2D eigenvalue weighted by atomic mass is 9.76. The van der Waals surface area contributed by atoms with E-state index >= 15 is 0 Å². The van der Waals surface area contributed by atoms with Crippen LogP contribution in [0.1, 0.15) is 25.3 Å². The van der Waals surface area contributed by atoms with E-state index < -0.39 is 17.4 Å². The van der Waals surface area contributed by atoms with Gasteiger partial charge in [0.15, 0.2) is 0 Å². The molecule has 2 rings (SSSR count). The van der Waals surface area contributed by atoms with Gasteiger partial charge in [-0.05, 0) is 38.1 Å². The van der Waals surface area contributed by atoms with Gasteiger partial charge in [0, 0.05) is 6.54 Å². The van der Waals surface area contributed by atoms with E-state index in [1.165, 1.54) is 0 Å². The zero-order valence-corrected chi connectivity index (χ0v) is 15.5. The van der Waals surface area contributed by atoms with E-state index in [1.54, 1.807) is 24.5 Å². The van der Waals surface area contributed by atoms with Crippen molar-refractivity contribution in [2.45, 2.75) is 25.8 Å². The summed E-state index contributed by atoms with van der Waals surface area (Å²) in [5, 5.41) is 11.7. The Morgan fingerprint density at radius 3 is 2.46 bits per heavy atom. The standard InChI is InChI=1S/C20H27N3O3/c1-4-20(19(25)21-17(14-23(2)3)18(24)22-26)12-10-16(11-13-20)15-8-6-5-7-9-15/h5-12,17,26H,4,13-14H2,1-3H3,(H,21,25)(H,22,24)/t17-,20?/m0/s1. The van der Waals surface area contributed by atoms with Crippen LogP contribution in [0.4, 0.5) is 0 Å². The minimum absolute atomic E-state index is 0.213. The first-order valence-corrected chi connectivity index (χ1v) is 8.76. The third kappa shape index (κ3) is 4.59. The molecule has 6 heteroatoms. The third-order valence-corrected chi connectivity index (χ3v) is 4.74. The van der Waals surface area contributed by atoms with Crippen LogP contribution in [0.15, 0.2) is 48.6 Å². The summed E-state index contributed by atoms with van der Waals surface area (Å²) < 4.78 is 0. The Labute approximate surface area is 154 Å². The molecule has 1 unspecified atom stereocenters. The van der Waals surface area contributed by atoms with Crippen molar-refractivity contribution in [3.8, 4) is 0 Å². The predicted octanol–water partition coefficient (Wildman–Crippen LogP) is 1.98. The topological polar surface area (TPSA) is 81.7 Å². The number of hydrogen-bond acceptors (Lipinski definition) is 4. The van der Waals surface area contributed by atoms with E-state index in [2.05, 4.69) is 11.4 Å². The number of nitrogens with one attached hydrogen (secondary N) is 2. The van der Waals surface area contributed by atoms with Crippen LogP contribution in [0.5, 0.6) is 0 Å². The number of benzene rings is 1. The fraction of sp³-hybridized carbons (Fsp3) is 0.400. The van der Waals surface area contributed by atoms with Crippen LogP contribution in [-0.4, -0.2) is 48.6 Å². The molecule has 1 aliphatic rings. The van der Waals surface area contributed by atoms with Gasteiger partial charge in [0.25, 0.3) is 5.91 Å². The lowest BCUT2D eigenvalue weighted by Gasteiger charge is -2.32. The Morgan fingerprint density at radius 2 is 1.96 bits per heavy atom. The maximum atomic E-state index is 12.9. The average molecular weight is 357 g/mol. The van der Waals surface area contributed by atoms with Crippen LogP contribution in [0.3, 0.4) is 0 Å². The van der Waals surface area contributed by atoms with Gasteiger partial charge in [0.1, 0.15) is 6.04 Å². The van der Waals surface area contributed by atoms with E-state index in [1.807, 2.05) is 49.4 Å². The second-order valence-electron chi connectivity index (χ2n) is 6.84. The first kappa shape index (κ1) is 19.9. The van der Waals surface area contributed by atoms with Crippen molar-refractivity contribution in [1.29, 1.82) is 0 Å². The molecule has 1 aromatic rings. The molecule has 0 fully saturated rings. The van der Waals surface area contributed by atoms with E-state index in [-0.39, 0.29) is 5.91 Å². The minimum Gasteiger partial charge on any atom is -0.342 e. The smallest absolute Gasteiger partial charge is 0.267 e. The number of allylic oxidation sites excluding steroid dienone is 3. The van der Waals surface area contributed by atoms with Crippen LogP contribution < -0.4 is 10.8 Å². The second kappa shape index (κ2) is 8.78. The molecular weight excluding hydrogens is 330 g/mol. The highest BCUT2D eigenvalue weighted by atomic mass is 16.5. The summed E-state index contributed by atoms with van der Waals surface area (Å²) in [7, 11) is 3.60. The molecule has 0 spiro atoms. The van der Waals surface area contributed by atoms with Gasteiger partial charge in [-0.2, -0.15) is 0 Å². The molecule has 0 heterocycles. The third-order valence-electron chi connectivity index (χ3n) is 4.74. The SMILES string of the molecule is CCC1(C(=O)N[C@@H](CN(C)C)C(=O)NO)C=CC(c2ccccc2)=CC1. The molecule has 2 amide bonds. The van der Waals surface area contributed by atoms with Crippen molar-refractivity contribution in [1.82, 2.24) is 15.7 Å². The van der Waals surface area contributed by atoms with Crippen molar-refractivity contribution in [2.75, 3.05) is 20.6 Å². The fourth-order valence-corrected chi connectivity index (χ4v) is 3.05. The lowest BCUT2D eigenvalue weighted by molar-refractivity contribution is -0.137.